The number of benzene rings is 4. The number of nitrogens with one attached hydrogen (secondary N) is 3. The van der Waals surface area contributed by atoms with Crippen molar-refractivity contribution in [1.29, 1.82) is 5.26 Å². The molecule has 1 aliphatic rings. The minimum absolute atomic E-state index is 0.0226. The van der Waals surface area contributed by atoms with Gasteiger partial charge >= 0.3 is 0 Å². The fraction of sp³-hybridized carbons (Fsp3) is 0.154. The standard InChI is InChI=1S/C39H33N5O4S2/c1-24(36(46)43-39-33(22-40)32-18-19-44(25(2)45)23-35(32)50-39)49-30-16-9-15-29(21-30)41-38(48)34(42-37(47)27-11-4-3-5-12-27)20-28-14-8-13-26-10-6-7-17-31(26)28/h3-17,20-21,24H,18-19,23H2,1-2H3,(H,41,48)(H,42,47)(H,43,46)/b34-20+. The summed E-state index contributed by atoms with van der Waals surface area (Å²) in [5, 5.41) is 20.4. The van der Waals surface area contributed by atoms with Crippen molar-refractivity contribution in [2.24, 2.45) is 0 Å². The molecule has 5 aromatic rings. The van der Waals surface area contributed by atoms with Crippen LogP contribution >= 0.6 is 23.1 Å². The monoisotopic (exact) mass is 699 g/mol. The molecule has 3 N–H and O–H groups in total. The molecule has 4 aromatic carbocycles. The first-order valence-electron chi connectivity index (χ1n) is 15.9. The lowest BCUT2D eigenvalue weighted by Crippen LogP contribution is -2.33. The van der Waals surface area contributed by atoms with Gasteiger partial charge in [-0.05, 0) is 71.7 Å². The van der Waals surface area contributed by atoms with Gasteiger partial charge in [0.15, 0.2) is 0 Å². The third kappa shape index (κ3) is 7.78. The van der Waals surface area contributed by atoms with Crippen LogP contribution in [-0.4, -0.2) is 40.3 Å². The minimum Gasteiger partial charge on any atom is -0.337 e. The highest BCUT2D eigenvalue weighted by Crippen LogP contribution is 2.37. The fourth-order valence-electron chi connectivity index (χ4n) is 5.67. The molecule has 9 nitrogen and oxygen atoms in total. The van der Waals surface area contributed by atoms with Crippen LogP contribution in [0.15, 0.2) is 108 Å². The summed E-state index contributed by atoms with van der Waals surface area (Å²) in [7, 11) is 0. The number of rotatable bonds is 9. The zero-order chi connectivity index (χ0) is 35.2. The van der Waals surface area contributed by atoms with Gasteiger partial charge in [0.2, 0.25) is 11.8 Å². The first-order valence-corrected chi connectivity index (χ1v) is 17.6. The summed E-state index contributed by atoms with van der Waals surface area (Å²) in [6.45, 7) is 4.27. The summed E-state index contributed by atoms with van der Waals surface area (Å²) in [5.41, 5.74) is 3.08. The van der Waals surface area contributed by atoms with Gasteiger partial charge in [0.1, 0.15) is 16.8 Å². The van der Waals surface area contributed by atoms with Crippen LogP contribution in [0.1, 0.15) is 45.8 Å². The van der Waals surface area contributed by atoms with Crippen molar-refractivity contribution in [3.63, 3.8) is 0 Å². The van der Waals surface area contributed by atoms with E-state index in [1.807, 2.05) is 54.6 Å². The van der Waals surface area contributed by atoms with Gasteiger partial charge in [0.05, 0.1) is 17.4 Å². The average molecular weight is 700 g/mol. The minimum atomic E-state index is -0.535. The van der Waals surface area contributed by atoms with E-state index in [1.165, 1.54) is 30.0 Å². The lowest BCUT2D eigenvalue weighted by Gasteiger charge is -2.25. The van der Waals surface area contributed by atoms with Gasteiger partial charge in [0.25, 0.3) is 11.8 Å². The van der Waals surface area contributed by atoms with E-state index in [0.717, 1.165) is 31.7 Å². The van der Waals surface area contributed by atoms with Crippen molar-refractivity contribution in [3.8, 4) is 6.07 Å². The topological polar surface area (TPSA) is 131 Å². The van der Waals surface area contributed by atoms with Crippen LogP contribution in [0.5, 0.6) is 0 Å². The van der Waals surface area contributed by atoms with E-state index < -0.39 is 17.1 Å². The number of hydrogen-bond acceptors (Lipinski definition) is 7. The van der Waals surface area contributed by atoms with E-state index in [0.29, 0.717) is 41.3 Å². The van der Waals surface area contributed by atoms with E-state index >= 15 is 0 Å². The molecule has 0 aliphatic carbocycles. The smallest absolute Gasteiger partial charge is 0.272 e. The Morgan fingerprint density at radius 1 is 0.940 bits per heavy atom. The van der Waals surface area contributed by atoms with E-state index in [4.69, 9.17) is 0 Å². The summed E-state index contributed by atoms with van der Waals surface area (Å²) < 4.78 is 0. The third-order valence-electron chi connectivity index (χ3n) is 8.28. The third-order valence-corrected chi connectivity index (χ3v) is 10.5. The van der Waals surface area contributed by atoms with Crippen molar-refractivity contribution < 1.29 is 19.2 Å². The molecule has 6 rings (SSSR count). The maximum atomic E-state index is 13.8. The molecule has 1 unspecified atom stereocenters. The first kappa shape index (κ1) is 34.2. The second kappa shape index (κ2) is 15.2. The van der Waals surface area contributed by atoms with Gasteiger partial charge in [0, 0.05) is 34.5 Å². The Morgan fingerprint density at radius 3 is 2.46 bits per heavy atom. The Kier molecular flexibility index (Phi) is 10.4. The highest BCUT2D eigenvalue weighted by Gasteiger charge is 2.27. The molecule has 0 radical (unpaired) electrons. The molecular formula is C39H33N5O4S2. The number of thioether (sulfide) groups is 1. The van der Waals surface area contributed by atoms with Crippen molar-refractivity contribution in [2.45, 2.75) is 37.0 Å². The summed E-state index contributed by atoms with van der Waals surface area (Å²) in [4.78, 5) is 55.5. The lowest BCUT2D eigenvalue weighted by molar-refractivity contribution is -0.129. The Bertz CT molecular complexity index is 2180. The zero-order valence-corrected chi connectivity index (χ0v) is 29.0. The largest absolute Gasteiger partial charge is 0.337 e. The molecule has 11 heteroatoms. The number of hydrogen-bond donors (Lipinski definition) is 3. The molecule has 0 saturated heterocycles. The SMILES string of the molecule is CC(=O)N1CCc2c(sc(NC(=O)C(C)Sc3cccc(NC(=O)/C(=C\c4cccc5ccccc45)NC(=O)c4ccccc4)c3)c2C#N)C1. The molecule has 0 saturated carbocycles. The number of fused-ring (bicyclic) bond motifs is 2. The number of anilines is 2. The molecule has 4 amide bonds. The van der Waals surface area contributed by atoms with Crippen LogP contribution in [0.3, 0.4) is 0 Å². The van der Waals surface area contributed by atoms with Crippen LogP contribution in [0.2, 0.25) is 0 Å². The lowest BCUT2D eigenvalue weighted by atomic mass is 10.0. The molecule has 2 heterocycles. The molecule has 50 heavy (non-hydrogen) atoms. The second-order valence-corrected chi connectivity index (χ2v) is 14.2. The molecule has 0 bridgehead atoms. The van der Waals surface area contributed by atoms with Gasteiger partial charge in [-0.2, -0.15) is 5.26 Å². The summed E-state index contributed by atoms with van der Waals surface area (Å²) in [6, 6.07) is 31.6. The number of thiophene rings is 1. The number of carbonyl (C=O) groups excluding carboxylic acids is 4. The normalized spacial score (nSPS) is 13.1. The Morgan fingerprint density at radius 2 is 1.68 bits per heavy atom. The van der Waals surface area contributed by atoms with Gasteiger partial charge < -0.3 is 20.9 Å². The maximum absolute atomic E-state index is 13.8. The molecule has 1 aliphatic heterocycles. The van der Waals surface area contributed by atoms with Crippen molar-refractivity contribution in [2.75, 3.05) is 17.2 Å². The van der Waals surface area contributed by atoms with Crippen LogP contribution in [0, 0.1) is 11.3 Å². The summed E-state index contributed by atoms with van der Waals surface area (Å²) in [5.74, 6) is -1.22. The molecule has 250 valence electrons. The molecule has 1 atom stereocenters. The van der Waals surface area contributed by atoms with Crippen LogP contribution in [-0.2, 0) is 27.3 Å². The summed E-state index contributed by atoms with van der Waals surface area (Å²) in [6.07, 6.45) is 2.24. The van der Waals surface area contributed by atoms with E-state index in [2.05, 4.69) is 22.0 Å². The van der Waals surface area contributed by atoms with Crippen LogP contribution in [0.4, 0.5) is 10.7 Å². The predicted molar refractivity (Wildman–Crippen MR) is 199 cm³/mol. The van der Waals surface area contributed by atoms with Crippen LogP contribution < -0.4 is 16.0 Å². The van der Waals surface area contributed by atoms with E-state index in [1.54, 1.807) is 60.4 Å². The van der Waals surface area contributed by atoms with Gasteiger partial charge in [-0.3, -0.25) is 19.2 Å². The average Bonchev–Trinajstić information content (AvgIpc) is 3.47. The van der Waals surface area contributed by atoms with Gasteiger partial charge in [-0.1, -0.05) is 66.7 Å². The zero-order valence-electron chi connectivity index (χ0n) is 27.4. The first-order chi connectivity index (χ1) is 24.2. The molecule has 0 spiro atoms. The number of amides is 4. The van der Waals surface area contributed by atoms with E-state index in [-0.39, 0.29) is 17.5 Å². The number of carbonyl (C=O) groups is 4. The Balaban J connectivity index is 1.18. The van der Waals surface area contributed by atoms with Gasteiger partial charge in [-0.15, -0.1) is 23.1 Å². The highest BCUT2D eigenvalue weighted by molar-refractivity contribution is 8.00. The number of nitrogens with zero attached hydrogens (tertiary/aromatic N) is 2. The molecular weight excluding hydrogens is 667 g/mol. The quantitative estimate of drug-likeness (QED) is 0.110. The Hall–Kier alpha value is -5.70. The van der Waals surface area contributed by atoms with Crippen molar-refractivity contribution in [3.05, 3.63) is 130 Å². The van der Waals surface area contributed by atoms with Crippen LogP contribution in [0.25, 0.3) is 16.8 Å². The Labute approximate surface area is 298 Å². The maximum Gasteiger partial charge on any atom is 0.272 e. The van der Waals surface area contributed by atoms with Crippen molar-refractivity contribution in [1.82, 2.24) is 10.2 Å². The molecule has 0 fully saturated rings. The fourth-order valence-corrected chi connectivity index (χ4v) is 7.81. The van der Waals surface area contributed by atoms with Gasteiger partial charge in [-0.25, -0.2) is 0 Å². The second-order valence-electron chi connectivity index (χ2n) is 11.7. The number of nitriles is 1. The molecule has 1 aromatic heterocycles. The van der Waals surface area contributed by atoms with Crippen molar-refractivity contribution >= 4 is 74.3 Å². The predicted octanol–water partition coefficient (Wildman–Crippen LogP) is 7.21. The highest BCUT2D eigenvalue weighted by atomic mass is 32.2. The summed E-state index contributed by atoms with van der Waals surface area (Å²) >= 11 is 2.64. The van der Waals surface area contributed by atoms with E-state index in [9.17, 15) is 24.4 Å².